The molecule has 0 aliphatic heterocycles. The van der Waals surface area contributed by atoms with Gasteiger partial charge in [0.25, 0.3) is 0 Å². The summed E-state index contributed by atoms with van der Waals surface area (Å²) in [6, 6.07) is 13.9. The first-order chi connectivity index (χ1) is 9.51. The lowest BCUT2D eigenvalue weighted by Crippen LogP contribution is -2.19. The topological polar surface area (TPSA) is 12.0 Å². The molecule has 0 heterocycles. The van der Waals surface area contributed by atoms with E-state index in [9.17, 15) is 0 Å². The maximum atomic E-state index is 3.45. The molecule has 0 saturated carbocycles. The molecule has 0 fully saturated rings. The first-order valence-corrected chi connectivity index (χ1v) is 7.32. The van der Waals surface area contributed by atoms with Crippen molar-refractivity contribution in [1.29, 1.82) is 0 Å². The Hall–Kier alpha value is -1.60. The number of hydrogen-bond donors (Lipinski definition) is 1. The maximum Gasteiger partial charge on any atom is 0.0358 e. The Morgan fingerprint density at radius 2 is 1.40 bits per heavy atom. The number of aryl methyl sites for hydroxylation is 4. The molecule has 1 unspecified atom stereocenters. The second-order valence-electron chi connectivity index (χ2n) is 5.81. The monoisotopic (exact) mass is 267 g/mol. The maximum absolute atomic E-state index is 3.45. The highest BCUT2D eigenvalue weighted by atomic mass is 14.9. The minimum Gasteiger partial charge on any atom is -0.313 e. The average Bonchev–Trinajstić information content (AvgIpc) is 2.43. The summed E-state index contributed by atoms with van der Waals surface area (Å²) in [5, 5.41) is 3.45. The van der Waals surface area contributed by atoms with Crippen LogP contribution in [0.2, 0.25) is 0 Å². The second-order valence-corrected chi connectivity index (χ2v) is 5.81. The summed E-state index contributed by atoms with van der Waals surface area (Å²) in [5.74, 6) is 0. The summed E-state index contributed by atoms with van der Waals surface area (Å²) in [6.07, 6.45) is 1.03. The van der Waals surface area contributed by atoms with Gasteiger partial charge in [0.1, 0.15) is 0 Å². The van der Waals surface area contributed by atoms with Crippen LogP contribution >= 0.6 is 0 Å². The Morgan fingerprint density at radius 1 is 0.800 bits per heavy atom. The standard InChI is InChI=1S/C19H25N/c1-13-6-8-17(10-15(13)3)12-19(20-5)18-9-7-14(2)16(4)11-18/h6-11,19-20H,12H2,1-5H3. The van der Waals surface area contributed by atoms with Gasteiger partial charge >= 0.3 is 0 Å². The van der Waals surface area contributed by atoms with Crippen LogP contribution < -0.4 is 5.32 Å². The number of hydrogen-bond acceptors (Lipinski definition) is 1. The predicted molar refractivity (Wildman–Crippen MR) is 87.3 cm³/mol. The van der Waals surface area contributed by atoms with E-state index >= 15 is 0 Å². The van der Waals surface area contributed by atoms with Crippen molar-refractivity contribution in [2.24, 2.45) is 0 Å². The van der Waals surface area contributed by atoms with Gasteiger partial charge in [-0.25, -0.2) is 0 Å². The molecule has 1 heteroatoms. The van der Waals surface area contributed by atoms with Crippen LogP contribution in [-0.2, 0) is 6.42 Å². The lowest BCUT2D eigenvalue weighted by Gasteiger charge is -2.18. The molecule has 20 heavy (non-hydrogen) atoms. The molecule has 0 aliphatic carbocycles. The van der Waals surface area contributed by atoms with E-state index in [1.165, 1.54) is 33.4 Å². The molecular formula is C19H25N. The highest BCUT2D eigenvalue weighted by Crippen LogP contribution is 2.22. The van der Waals surface area contributed by atoms with Crippen LogP contribution in [0.25, 0.3) is 0 Å². The molecule has 1 N–H and O–H groups in total. The van der Waals surface area contributed by atoms with Crippen LogP contribution in [0.5, 0.6) is 0 Å². The summed E-state index contributed by atoms with van der Waals surface area (Å²) in [4.78, 5) is 0. The molecule has 106 valence electrons. The van der Waals surface area contributed by atoms with Crippen molar-refractivity contribution in [3.63, 3.8) is 0 Å². The third-order valence-corrected chi connectivity index (χ3v) is 4.29. The van der Waals surface area contributed by atoms with Crippen molar-refractivity contribution in [2.45, 2.75) is 40.2 Å². The minimum absolute atomic E-state index is 0.372. The van der Waals surface area contributed by atoms with Crippen LogP contribution in [0, 0.1) is 27.7 Å². The number of benzene rings is 2. The molecule has 0 aromatic heterocycles. The van der Waals surface area contributed by atoms with Crippen molar-refractivity contribution in [1.82, 2.24) is 5.32 Å². The molecule has 2 aromatic rings. The molecule has 0 aliphatic rings. The molecule has 0 amide bonds. The Labute approximate surface area is 123 Å². The van der Waals surface area contributed by atoms with Gasteiger partial charge in [-0.3, -0.25) is 0 Å². The van der Waals surface area contributed by atoms with Gasteiger partial charge in [0.2, 0.25) is 0 Å². The quantitative estimate of drug-likeness (QED) is 0.864. The molecule has 0 saturated heterocycles. The molecule has 2 rings (SSSR count). The van der Waals surface area contributed by atoms with E-state index in [-0.39, 0.29) is 0 Å². The van der Waals surface area contributed by atoms with Crippen LogP contribution in [-0.4, -0.2) is 7.05 Å². The molecule has 1 atom stereocenters. The molecular weight excluding hydrogens is 242 g/mol. The van der Waals surface area contributed by atoms with Crippen LogP contribution in [0.1, 0.15) is 39.4 Å². The van der Waals surface area contributed by atoms with E-state index < -0.39 is 0 Å². The molecule has 1 nitrogen and oxygen atoms in total. The average molecular weight is 267 g/mol. The Bertz CT molecular complexity index is 599. The van der Waals surface area contributed by atoms with E-state index in [1.807, 2.05) is 7.05 Å². The lowest BCUT2D eigenvalue weighted by molar-refractivity contribution is 0.591. The van der Waals surface area contributed by atoms with Gasteiger partial charge in [-0.15, -0.1) is 0 Å². The zero-order chi connectivity index (χ0) is 14.7. The van der Waals surface area contributed by atoms with E-state index in [0.29, 0.717) is 6.04 Å². The smallest absolute Gasteiger partial charge is 0.0358 e. The summed E-state index contributed by atoms with van der Waals surface area (Å²) in [5.41, 5.74) is 8.22. The lowest BCUT2D eigenvalue weighted by atomic mass is 9.94. The van der Waals surface area contributed by atoms with Gasteiger partial charge in [-0.2, -0.15) is 0 Å². The SMILES string of the molecule is CNC(Cc1ccc(C)c(C)c1)c1ccc(C)c(C)c1. The summed E-state index contributed by atoms with van der Waals surface area (Å²) in [6.45, 7) is 8.69. The highest BCUT2D eigenvalue weighted by molar-refractivity contribution is 5.34. The van der Waals surface area contributed by atoms with E-state index in [0.717, 1.165) is 6.42 Å². The second kappa shape index (κ2) is 6.23. The van der Waals surface area contributed by atoms with Crippen molar-refractivity contribution < 1.29 is 0 Å². The summed E-state index contributed by atoms with van der Waals surface area (Å²) in [7, 11) is 2.04. The molecule has 0 spiro atoms. The summed E-state index contributed by atoms with van der Waals surface area (Å²) < 4.78 is 0. The van der Waals surface area contributed by atoms with Gasteiger partial charge in [0.05, 0.1) is 0 Å². The fourth-order valence-corrected chi connectivity index (χ4v) is 2.53. The highest BCUT2D eigenvalue weighted by Gasteiger charge is 2.11. The minimum atomic E-state index is 0.372. The van der Waals surface area contributed by atoms with Crippen molar-refractivity contribution >= 4 is 0 Å². The van der Waals surface area contributed by atoms with Gasteiger partial charge in [-0.05, 0) is 74.5 Å². The normalized spacial score (nSPS) is 12.4. The Morgan fingerprint density at radius 3 is 1.95 bits per heavy atom. The predicted octanol–water partition coefficient (Wildman–Crippen LogP) is 4.42. The fourth-order valence-electron chi connectivity index (χ4n) is 2.53. The fraction of sp³-hybridized carbons (Fsp3) is 0.368. The van der Waals surface area contributed by atoms with Gasteiger partial charge in [0, 0.05) is 6.04 Å². The largest absolute Gasteiger partial charge is 0.313 e. The summed E-state index contributed by atoms with van der Waals surface area (Å²) >= 11 is 0. The molecule has 0 radical (unpaired) electrons. The van der Waals surface area contributed by atoms with Crippen molar-refractivity contribution in [3.05, 3.63) is 69.8 Å². The van der Waals surface area contributed by atoms with Crippen LogP contribution in [0.3, 0.4) is 0 Å². The molecule has 2 aromatic carbocycles. The third kappa shape index (κ3) is 3.29. The third-order valence-electron chi connectivity index (χ3n) is 4.29. The van der Waals surface area contributed by atoms with E-state index in [2.05, 4.69) is 69.4 Å². The van der Waals surface area contributed by atoms with Crippen LogP contribution in [0.4, 0.5) is 0 Å². The van der Waals surface area contributed by atoms with Crippen molar-refractivity contribution in [2.75, 3.05) is 7.05 Å². The number of likely N-dealkylation sites (N-methyl/N-ethyl adjacent to an activating group) is 1. The number of nitrogens with one attached hydrogen (secondary N) is 1. The van der Waals surface area contributed by atoms with Gasteiger partial charge in [-0.1, -0.05) is 36.4 Å². The van der Waals surface area contributed by atoms with Gasteiger partial charge in [0.15, 0.2) is 0 Å². The van der Waals surface area contributed by atoms with E-state index in [1.54, 1.807) is 0 Å². The Kier molecular flexibility index (Phi) is 4.61. The van der Waals surface area contributed by atoms with Gasteiger partial charge < -0.3 is 5.32 Å². The zero-order valence-corrected chi connectivity index (χ0v) is 13.2. The van der Waals surface area contributed by atoms with Crippen molar-refractivity contribution in [3.8, 4) is 0 Å². The van der Waals surface area contributed by atoms with E-state index in [4.69, 9.17) is 0 Å². The Balaban J connectivity index is 2.23. The number of rotatable bonds is 4. The zero-order valence-electron chi connectivity index (χ0n) is 13.2. The first kappa shape index (κ1) is 14.8. The first-order valence-electron chi connectivity index (χ1n) is 7.32. The van der Waals surface area contributed by atoms with Crippen LogP contribution in [0.15, 0.2) is 36.4 Å². The molecule has 0 bridgehead atoms.